The monoisotopic (exact) mass is 581 g/mol. The zero-order chi connectivity index (χ0) is 28.4. The van der Waals surface area contributed by atoms with Crippen LogP contribution in [0.15, 0.2) is 42.5 Å². The molecule has 0 radical (unpaired) electrons. The normalized spacial score (nSPS) is 17.9. The van der Waals surface area contributed by atoms with Gasteiger partial charge in [0.15, 0.2) is 0 Å². The predicted octanol–water partition coefficient (Wildman–Crippen LogP) is 5.46. The number of fused-ring (bicyclic) bond motifs is 1. The van der Waals surface area contributed by atoms with E-state index in [9.17, 15) is 0 Å². The number of hydrogen-bond acceptors (Lipinski definition) is 6. The summed E-state index contributed by atoms with van der Waals surface area (Å²) < 4.78 is 8.47. The highest BCUT2D eigenvalue weighted by Gasteiger charge is 2.20. The second kappa shape index (κ2) is 15.4. The maximum absolute atomic E-state index is 9.12. The van der Waals surface area contributed by atoms with Crippen molar-refractivity contribution in [2.45, 2.75) is 58.6 Å². The van der Waals surface area contributed by atoms with E-state index in [1.807, 2.05) is 24.3 Å². The van der Waals surface area contributed by atoms with Crippen molar-refractivity contribution >= 4 is 22.6 Å². The number of ether oxygens (including phenoxy) is 1. The Hall–Kier alpha value is -2.16. The number of nitrogens with zero attached hydrogens (tertiary/aromatic N) is 5. The number of aliphatic hydroxyl groups excluding tert-OH is 1. The van der Waals surface area contributed by atoms with Gasteiger partial charge in [-0.3, -0.25) is 4.90 Å². The first-order valence-corrected chi connectivity index (χ1v) is 16.1. The van der Waals surface area contributed by atoms with Gasteiger partial charge < -0.3 is 24.2 Å². The molecule has 41 heavy (non-hydrogen) atoms. The topological polar surface area (TPSA) is 57.0 Å². The number of aryl methyl sites for hydroxylation is 2. The van der Waals surface area contributed by atoms with E-state index in [1.165, 1.54) is 75.8 Å². The number of halogens is 1. The number of aliphatic hydroxyl groups is 1. The molecule has 8 heteroatoms. The molecular formula is C33H48ClN5O2. The molecule has 3 aromatic rings. The summed E-state index contributed by atoms with van der Waals surface area (Å²) in [7, 11) is 0. The highest BCUT2D eigenvalue weighted by atomic mass is 35.5. The van der Waals surface area contributed by atoms with E-state index in [4.69, 9.17) is 26.4 Å². The molecule has 0 amide bonds. The van der Waals surface area contributed by atoms with Gasteiger partial charge in [0, 0.05) is 44.3 Å². The van der Waals surface area contributed by atoms with Crippen LogP contribution in [0, 0.1) is 12.8 Å². The molecule has 7 nitrogen and oxygen atoms in total. The van der Waals surface area contributed by atoms with E-state index in [0.717, 1.165) is 62.3 Å². The van der Waals surface area contributed by atoms with Gasteiger partial charge in [0.25, 0.3) is 0 Å². The summed E-state index contributed by atoms with van der Waals surface area (Å²) >= 11 is 6.04. The number of imidazole rings is 1. The Morgan fingerprint density at radius 2 is 1.49 bits per heavy atom. The molecule has 2 aliphatic rings. The molecule has 5 rings (SSSR count). The first-order chi connectivity index (χ1) is 20.1. The molecule has 2 aromatic carbocycles. The zero-order valence-corrected chi connectivity index (χ0v) is 25.6. The molecule has 0 atom stereocenters. The number of unbranched alkanes of at least 4 members (excludes halogenated alkanes) is 1. The lowest BCUT2D eigenvalue weighted by Crippen LogP contribution is -2.47. The van der Waals surface area contributed by atoms with Crippen LogP contribution in [-0.2, 0) is 13.2 Å². The quantitative estimate of drug-likeness (QED) is 0.255. The predicted molar refractivity (Wildman–Crippen MR) is 168 cm³/mol. The molecule has 2 aliphatic heterocycles. The van der Waals surface area contributed by atoms with Crippen molar-refractivity contribution in [2.24, 2.45) is 5.92 Å². The van der Waals surface area contributed by atoms with Gasteiger partial charge in [-0.15, -0.1) is 0 Å². The van der Waals surface area contributed by atoms with Crippen molar-refractivity contribution in [2.75, 3.05) is 65.5 Å². The van der Waals surface area contributed by atoms with Gasteiger partial charge in [0.1, 0.15) is 18.2 Å². The number of β-amino-alcohol motifs (C(OH)–C–C–N with tert-alkyl or cyclic N) is 1. The van der Waals surface area contributed by atoms with Crippen molar-refractivity contribution < 1.29 is 9.84 Å². The van der Waals surface area contributed by atoms with Crippen LogP contribution in [0.3, 0.4) is 0 Å². The molecule has 0 bridgehead atoms. The molecule has 2 saturated heterocycles. The molecule has 0 unspecified atom stereocenters. The Balaban J connectivity index is 1.02. The molecule has 1 aromatic heterocycles. The van der Waals surface area contributed by atoms with Crippen LogP contribution >= 0.6 is 11.6 Å². The number of benzene rings is 2. The number of aromatic nitrogens is 2. The lowest BCUT2D eigenvalue weighted by molar-refractivity contribution is 0.109. The third-order valence-electron chi connectivity index (χ3n) is 9.02. The number of piperazine rings is 1. The van der Waals surface area contributed by atoms with Crippen molar-refractivity contribution in [1.29, 1.82) is 0 Å². The van der Waals surface area contributed by atoms with E-state index in [2.05, 4.69) is 44.4 Å². The molecule has 3 heterocycles. The van der Waals surface area contributed by atoms with Crippen molar-refractivity contribution in [3.8, 4) is 5.75 Å². The average molecular weight is 582 g/mol. The molecule has 0 spiro atoms. The number of para-hydroxylation sites is 1. The third kappa shape index (κ3) is 8.68. The standard InChI is InChI=1S/C33H48ClN5O2/c1-27-6-4-8-31-33(27)35-32(26-41-30-11-9-29(34)10-12-30)39(31)17-5-7-28-13-18-36(19-14-28)15-2-3-16-37-20-22-38(23-21-37)24-25-40/h4,6,8-12,28,40H,2-3,5,7,13-26H2,1H3. The van der Waals surface area contributed by atoms with Crippen LogP contribution in [0.5, 0.6) is 5.75 Å². The summed E-state index contributed by atoms with van der Waals surface area (Å²) in [6.45, 7) is 14.1. The van der Waals surface area contributed by atoms with Gasteiger partial charge in [-0.05, 0) is 113 Å². The fraction of sp³-hybridized carbons (Fsp3) is 0.606. The van der Waals surface area contributed by atoms with Crippen molar-refractivity contribution in [1.82, 2.24) is 24.3 Å². The lowest BCUT2D eigenvalue weighted by Gasteiger charge is -2.35. The van der Waals surface area contributed by atoms with E-state index < -0.39 is 0 Å². The number of hydrogen-bond donors (Lipinski definition) is 1. The summed E-state index contributed by atoms with van der Waals surface area (Å²) in [5, 5.41) is 9.83. The van der Waals surface area contributed by atoms with Crippen molar-refractivity contribution in [3.63, 3.8) is 0 Å². The third-order valence-corrected chi connectivity index (χ3v) is 9.27. The molecule has 224 valence electrons. The SMILES string of the molecule is Cc1cccc2c1nc(COc1ccc(Cl)cc1)n2CCCC1CCN(CCCCN2CCN(CCO)CC2)CC1. The number of piperidine rings is 1. The minimum atomic E-state index is 0.278. The number of likely N-dealkylation sites (tertiary alicyclic amines) is 1. The van der Waals surface area contributed by atoms with Crippen LogP contribution in [0.4, 0.5) is 0 Å². The minimum Gasteiger partial charge on any atom is -0.486 e. The Morgan fingerprint density at radius 3 is 2.17 bits per heavy atom. The van der Waals surface area contributed by atoms with Crippen LogP contribution in [0.25, 0.3) is 11.0 Å². The lowest BCUT2D eigenvalue weighted by atomic mass is 9.92. The largest absolute Gasteiger partial charge is 0.486 e. The van der Waals surface area contributed by atoms with E-state index in [0.29, 0.717) is 11.6 Å². The van der Waals surface area contributed by atoms with Crippen LogP contribution in [0.2, 0.25) is 5.02 Å². The van der Waals surface area contributed by atoms with Crippen LogP contribution < -0.4 is 4.74 Å². The summed E-state index contributed by atoms with van der Waals surface area (Å²) in [5.41, 5.74) is 3.50. The second-order valence-electron chi connectivity index (χ2n) is 11.9. The maximum Gasteiger partial charge on any atom is 0.148 e. The van der Waals surface area contributed by atoms with Gasteiger partial charge in [-0.25, -0.2) is 4.98 Å². The van der Waals surface area contributed by atoms with Crippen LogP contribution in [0.1, 0.15) is 49.9 Å². The minimum absolute atomic E-state index is 0.278. The summed E-state index contributed by atoms with van der Waals surface area (Å²) in [6, 6.07) is 14.0. The van der Waals surface area contributed by atoms with Gasteiger partial charge in [0.2, 0.25) is 0 Å². The fourth-order valence-corrected chi connectivity index (χ4v) is 6.59. The molecule has 2 fully saturated rings. The molecule has 0 aliphatic carbocycles. The van der Waals surface area contributed by atoms with Crippen LogP contribution in [-0.4, -0.2) is 94.9 Å². The first kappa shape index (κ1) is 30.3. The van der Waals surface area contributed by atoms with E-state index in [1.54, 1.807) is 0 Å². The average Bonchev–Trinajstić information content (AvgIpc) is 3.35. The zero-order valence-electron chi connectivity index (χ0n) is 24.8. The summed E-state index contributed by atoms with van der Waals surface area (Å²) in [4.78, 5) is 12.6. The van der Waals surface area contributed by atoms with Gasteiger partial charge in [-0.1, -0.05) is 23.7 Å². The van der Waals surface area contributed by atoms with Gasteiger partial charge in [-0.2, -0.15) is 0 Å². The second-order valence-corrected chi connectivity index (χ2v) is 12.3. The maximum atomic E-state index is 9.12. The fourth-order valence-electron chi connectivity index (χ4n) is 6.46. The van der Waals surface area contributed by atoms with E-state index >= 15 is 0 Å². The summed E-state index contributed by atoms with van der Waals surface area (Å²) in [6.07, 6.45) is 7.69. The highest BCUT2D eigenvalue weighted by Crippen LogP contribution is 2.26. The highest BCUT2D eigenvalue weighted by molar-refractivity contribution is 6.30. The summed E-state index contributed by atoms with van der Waals surface area (Å²) in [5.74, 6) is 2.63. The molecule has 1 N–H and O–H groups in total. The smallest absolute Gasteiger partial charge is 0.148 e. The Kier molecular flexibility index (Phi) is 11.3. The van der Waals surface area contributed by atoms with Gasteiger partial charge in [0.05, 0.1) is 17.6 Å². The first-order valence-electron chi connectivity index (χ1n) is 15.7. The molecular weight excluding hydrogens is 534 g/mol. The number of rotatable bonds is 14. The van der Waals surface area contributed by atoms with E-state index in [-0.39, 0.29) is 6.61 Å². The van der Waals surface area contributed by atoms with Gasteiger partial charge >= 0.3 is 0 Å². The Bertz CT molecular complexity index is 1200. The Morgan fingerprint density at radius 1 is 0.829 bits per heavy atom. The molecule has 0 saturated carbocycles. The van der Waals surface area contributed by atoms with Crippen molar-refractivity contribution in [3.05, 3.63) is 58.9 Å². The Labute approximate surface area is 251 Å².